The van der Waals surface area contributed by atoms with E-state index < -0.39 is 0 Å². The summed E-state index contributed by atoms with van der Waals surface area (Å²) in [5.41, 5.74) is 4.04. The fourth-order valence-corrected chi connectivity index (χ4v) is 4.25. The van der Waals surface area contributed by atoms with E-state index in [-0.39, 0.29) is 24.2 Å². The Hall–Kier alpha value is -3.80. The number of benzene rings is 1. The van der Waals surface area contributed by atoms with Crippen LogP contribution in [0.5, 0.6) is 0 Å². The Morgan fingerprint density at radius 2 is 1.76 bits per heavy atom. The molecule has 1 fully saturated rings. The lowest BCUT2D eigenvalue weighted by Crippen LogP contribution is -2.38. The molecule has 1 aliphatic heterocycles. The van der Waals surface area contributed by atoms with Gasteiger partial charge in [0.15, 0.2) is 0 Å². The second kappa shape index (κ2) is 10.7. The van der Waals surface area contributed by atoms with Gasteiger partial charge in [-0.05, 0) is 40.8 Å². The first-order valence-electron chi connectivity index (χ1n) is 11.2. The zero-order valence-electron chi connectivity index (χ0n) is 18.6. The molecule has 0 unspecified atom stereocenters. The van der Waals surface area contributed by atoms with Crippen LogP contribution in [0.3, 0.4) is 0 Å². The third-order valence-electron chi connectivity index (χ3n) is 5.93. The maximum Gasteiger partial charge on any atom is 0.228 e. The van der Waals surface area contributed by atoms with E-state index in [1.165, 1.54) is 0 Å². The lowest BCUT2D eigenvalue weighted by molar-refractivity contribution is -0.134. The minimum Gasteiger partial charge on any atom is -0.340 e. The normalized spacial score (nSPS) is 16.4. The molecular formula is C27H28N4O2. The molecular weight excluding hydrogens is 412 g/mol. The summed E-state index contributed by atoms with van der Waals surface area (Å²) >= 11 is 0. The molecule has 0 aliphatic carbocycles. The maximum atomic E-state index is 13.3. The number of carbonyl (C=O) groups is 2. The first kappa shape index (κ1) is 22.4. The largest absolute Gasteiger partial charge is 0.340 e. The molecule has 6 heteroatoms. The number of carbonyl (C=O) groups excluding carboxylic acids is 2. The number of hydrogen-bond donors (Lipinski definition) is 0. The summed E-state index contributed by atoms with van der Waals surface area (Å²) in [6.45, 7) is 5.71. The zero-order chi connectivity index (χ0) is 23.0. The summed E-state index contributed by atoms with van der Waals surface area (Å²) in [4.78, 5) is 38.4. The highest BCUT2D eigenvalue weighted by Gasteiger charge is 2.32. The summed E-state index contributed by atoms with van der Waals surface area (Å²) in [5.74, 6) is -0.224. The Bertz CT molecular complexity index is 1100. The van der Waals surface area contributed by atoms with Gasteiger partial charge in [0.25, 0.3) is 0 Å². The SMILES string of the molecule is C=CCN1CCN(C(=O)Cc2cccnc2)C[C@H](Cc2cccc(-c3cccnc3)c2)C1=O. The minimum absolute atomic E-state index is 0.0189. The number of rotatable bonds is 7. The van der Waals surface area contributed by atoms with Crippen molar-refractivity contribution >= 4 is 11.8 Å². The number of aromatic nitrogens is 2. The lowest BCUT2D eigenvalue weighted by atomic mass is 9.95. The topological polar surface area (TPSA) is 66.4 Å². The van der Waals surface area contributed by atoms with Crippen LogP contribution >= 0.6 is 0 Å². The van der Waals surface area contributed by atoms with Crippen molar-refractivity contribution in [1.82, 2.24) is 19.8 Å². The van der Waals surface area contributed by atoms with Gasteiger partial charge < -0.3 is 9.80 Å². The van der Waals surface area contributed by atoms with Gasteiger partial charge >= 0.3 is 0 Å². The van der Waals surface area contributed by atoms with E-state index in [1.54, 1.807) is 29.6 Å². The Morgan fingerprint density at radius 3 is 2.48 bits per heavy atom. The van der Waals surface area contributed by atoms with Crippen molar-refractivity contribution < 1.29 is 9.59 Å². The molecule has 0 radical (unpaired) electrons. The van der Waals surface area contributed by atoms with Gasteiger partial charge in [-0.25, -0.2) is 0 Å². The molecule has 33 heavy (non-hydrogen) atoms. The first-order chi connectivity index (χ1) is 16.1. The van der Waals surface area contributed by atoms with Crippen molar-refractivity contribution in [2.75, 3.05) is 26.2 Å². The first-order valence-corrected chi connectivity index (χ1v) is 11.2. The quantitative estimate of drug-likeness (QED) is 0.528. The van der Waals surface area contributed by atoms with E-state index in [0.717, 1.165) is 22.3 Å². The van der Waals surface area contributed by atoms with E-state index in [1.807, 2.05) is 53.6 Å². The third kappa shape index (κ3) is 5.71. The highest BCUT2D eigenvalue weighted by Crippen LogP contribution is 2.23. The van der Waals surface area contributed by atoms with Crippen molar-refractivity contribution in [3.8, 4) is 11.1 Å². The van der Waals surface area contributed by atoms with Gasteiger partial charge in [-0.2, -0.15) is 0 Å². The molecule has 1 aliphatic rings. The third-order valence-corrected chi connectivity index (χ3v) is 5.93. The monoisotopic (exact) mass is 440 g/mol. The smallest absolute Gasteiger partial charge is 0.228 e. The summed E-state index contributed by atoms with van der Waals surface area (Å²) in [5, 5.41) is 0. The molecule has 0 saturated carbocycles. The molecule has 3 heterocycles. The van der Waals surface area contributed by atoms with Crippen LogP contribution in [-0.4, -0.2) is 57.8 Å². The second-order valence-electron chi connectivity index (χ2n) is 8.29. The summed E-state index contributed by atoms with van der Waals surface area (Å²) in [6, 6.07) is 15.9. The van der Waals surface area contributed by atoms with E-state index in [2.05, 4.69) is 22.6 Å². The zero-order valence-corrected chi connectivity index (χ0v) is 18.6. The molecule has 2 aromatic heterocycles. The van der Waals surface area contributed by atoms with Crippen LogP contribution in [0.15, 0.2) is 86.0 Å². The number of amides is 2. The van der Waals surface area contributed by atoms with Crippen molar-refractivity contribution in [2.24, 2.45) is 5.92 Å². The molecule has 3 aromatic rings. The highest BCUT2D eigenvalue weighted by atomic mass is 16.2. The van der Waals surface area contributed by atoms with Crippen LogP contribution in [0, 0.1) is 5.92 Å². The van der Waals surface area contributed by atoms with Gasteiger partial charge in [-0.3, -0.25) is 19.6 Å². The van der Waals surface area contributed by atoms with E-state index >= 15 is 0 Å². The van der Waals surface area contributed by atoms with Crippen molar-refractivity contribution in [2.45, 2.75) is 12.8 Å². The number of hydrogen-bond acceptors (Lipinski definition) is 4. The van der Waals surface area contributed by atoms with Crippen molar-refractivity contribution in [3.05, 3.63) is 97.1 Å². The van der Waals surface area contributed by atoms with Crippen LogP contribution in [0.2, 0.25) is 0 Å². The minimum atomic E-state index is -0.311. The Kier molecular flexibility index (Phi) is 7.25. The molecule has 1 saturated heterocycles. The summed E-state index contributed by atoms with van der Waals surface area (Å²) in [6.07, 6.45) is 9.59. The highest BCUT2D eigenvalue weighted by molar-refractivity contribution is 5.83. The standard InChI is InChI=1S/C27H28N4O2/c1-2-12-30-13-14-31(26(32)17-22-7-4-10-28-18-22)20-25(27(30)33)16-21-6-3-8-23(15-21)24-9-5-11-29-19-24/h2-11,15,18-19,25H,1,12-14,16-17,20H2/t25-/m0/s1. The van der Waals surface area contributed by atoms with Crippen LogP contribution < -0.4 is 0 Å². The molecule has 2 amide bonds. The number of nitrogens with zero attached hydrogens (tertiary/aromatic N) is 4. The van der Waals surface area contributed by atoms with Crippen LogP contribution in [0.25, 0.3) is 11.1 Å². The lowest BCUT2D eigenvalue weighted by Gasteiger charge is -2.24. The fraction of sp³-hybridized carbons (Fsp3) is 0.259. The molecule has 6 nitrogen and oxygen atoms in total. The Labute approximate surface area is 194 Å². The van der Waals surface area contributed by atoms with E-state index in [0.29, 0.717) is 32.6 Å². The Morgan fingerprint density at radius 1 is 1.00 bits per heavy atom. The average Bonchev–Trinajstić information content (AvgIpc) is 3.00. The van der Waals surface area contributed by atoms with Gasteiger partial charge in [-0.1, -0.05) is 42.5 Å². The molecule has 1 aromatic carbocycles. The summed E-state index contributed by atoms with van der Waals surface area (Å²) in [7, 11) is 0. The number of pyridine rings is 2. The van der Waals surface area contributed by atoms with E-state index in [9.17, 15) is 9.59 Å². The van der Waals surface area contributed by atoms with Gasteiger partial charge in [0.2, 0.25) is 11.8 Å². The Balaban J connectivity index is 1.54. The van der Waals surface area contributed by atoms with Gasteiger partial charge in [-0.15, -0.1) is 6.58 Å². The van der Waals surface area contributed by atoms with Crippen LogP contribution in [0.1, 0.15) is 11.1 Å². The van der Waals surface area contributed by atoms with Gasteiger partial charge in [0.05, 0.1) is 12.3 Å². The second-order valence-corrected chi connectivity index (χ2v) is 8.29. The van der Waals surface area contributed by atoms with Crippen LogP contribution in [0.4, 0.5) is 0 Å². The molecule has 1 atom stereocenters. The van der Waals surface area contributed by atoms with Crippen LogP contribution in [-0.2, 0) is 22.4 Å². The predicted octanol–water partition coefficient (Wildman–Crippen LogP) is 3.40. The molecule has 0 spiro atoms. The van der Waals surface area contributed by atoms with Crippen molar-refractivity contribution in [3.63, 3.8) is 0 Å². The van der Waals surface area contributed by atoms with Gasteiger partial charge in [0, 0.05) is 51.0 Å². The van der Waals surface area contributed by atoms with Crippen molar-refractivity contribution in [1.29, 1.82) is 0 Å². The summed E-state index contributed by atoms with van der Waals surface area (Å²) < 4.78 is 0. The average molecular weight is 441 g/mol. The molecule has 0 bridgehead atoms. The fourth-order valence-electron chi connectivity index (χ4n) is 4.25. The van der Waals surface area contributed by atoms with Gasteiger partial charge in [0.1, 0.15) is 0 Å². The molecule has 0 N–H and O–H groups in total. The molecule has 4 rings (SSSR count). The maximum absolute atomic E-state index is 13.3. The van der Waals surface area contributed by atoms with E-state index in [4.69, 9.17) is 0 Å². The molecule has 168 valence electrons. The predicted molar refractivity (Wildman–Crippen MR) is 128 cm³/mol.